The lowest BCUT2D eigenvalue weighted by Gasteiger charge is -2.28. The van der Waals surface area contributed by atoms with Gasteiger partial charge in [0.15, 0.2) is 6.10 Å². The van der Waals surface area contributed by atoms with E-state index in [0.29, 0.717) is 10.6 Å². The van der Waals surface area contributed by atoms with Crippen molar-refractivity contribution in [3.8, 4) is 32.8 Å². The smallest absolute Gasteiger partial charge is 0.337 e. The van der Waals surface area contributed by atoms with Gasteiger partial charge in [0.2, 0.25) is 0 Å². The first kappa shape index (κ1) is 28.0. The van der Waals surface area contributed by atoms with Crippen LogP contribution in [0.25, 0.3) is 43.0 Å². The summed E-state index contributed by atoms with van der Waals surface area (Å²) < 4.78 is 7.04. The maximum atomic E-state index is 12.6. The van der Waals surface area contributed by atoms with E-state index in [1.54, 1.807) is 11.3 Å². The minimum Gasteiger partial charge on any atom is -0.479 e. The summed E-state index contributed by atoms with van der Waals surface area (Å²) in [5.41, 5.74) is 7.51. The average Bonchev–Trinajstić information content (AvgIpc) is 3.35. The van der Waals surface area contributed by atoms with Gasteiger partial charge < -0.3 is 9.84 Å². The number of benzene rings is 3. The molecule has 0 spiro atoms. The van der Waals surface area contributed by atoms with E-state index in [1.807, 2.05) is 76.4 Å². The highest BCUT2D eigenvalue weighted by molar-refractivity contribution is 7.22. The second kappa shape index (κ2) is 11.1. The van der Waals surface area contributed by atoms with Crippen molar-refractivity contribution in [1.29, 1.82) is 0 Å². The molecule has 0 saturated carbocycles. The highest BCUT2D eigenvalue weighted by Crippen LogP contribution is 2.44. The van der Waals surface area contributed by atoms with Gasteiger partial charge in [-0.15, -0.1) is 11.3 Å². The van der Waals surface area contributed by atoms with Gasteiger partial charge in [-0.25, -0.2) is 9.78 Å². The molecule has 0 bridgehead atoms. The third kappa shape index (κ3) is 5.80. The van der Waals surface area contributed by atoms with Crippen LogP contribution in [-0.4, -0.2) is 26.6 Å². The Morgan fingerprint density at radius 3 is 2.38 bits per heavy atom. The van der Waals surface area contributed by atoms with Gasteiger partial charge in [0.25, 0.3) is 0 Å². The van der Waals surface area contributed by atoms with Crippen molar-refractivity contribution in [3.63, 3.8) is 0 Å². The molecular weight excluding hydrogens is 540 g/mol. The minimum absolute atomic E-state index is 0.610. The number of pyridine rings is 1. The Hall–Kier alpha value is -3.58. The van der Waals surface area contributed by atoms with Gasteiger partial charge >= 0.3 is 5.97 Å². The number of nitrogens with zero attached hydrogens (tertiary/aromatic N) is 2. The summed E-state index contributed by atoms with van der Waals surface area (Å²) in [6, 6.07) is 21.9. The molecule has 0 saturated heterocycles. The predicted molar refractivity (Wildman–Crippen MR) is 164 cm³/mol. The Morgan fingerprint density at radius 1 is 1.00 bits per heavy atom. The zero-order chi connectivity index (χ0) is 28.6. The fourth-order valence-corrected chi connectivity index (χ4v) is 6.09. The molecular formula is C33H31ClN2O3S. The number of carboxylic acid groups (broad SMARTS) is 1. The maximum absolute atomic E-state index is 12.6. The highest BCUT2D eigenvalue weighted by atomic mass is 35.5. The number of ether oxygens (including phenoxy) is 1. The summed E-state index contributed by atoms with van der Waals surface area (Å²) >= 11 is 7.78. The lowest BCUT2D eigenvalue weighted by atomic mass is 9.91. The van der Waals surface area contributed by atoms with Crippen molar-refractivity contribution >= 4 is 39.1 Å². The van der Waals surface area contributed by atoms with E-state index in [2.05, 4.69) is 36.2 Å². The average molecular weight is 571 g/mol. The molecule has 0 radical (unpaired) electrons. The third-order valence-electron chi connectivity index (χ3n) is 6.64. The summed E-state index contributed by atoms with van der Waals surface area (Å²) in [7, 11) is 0. The van der Waals surface area contributed by atoms with Crippen molar-refractivity contribution in [3.05, 3.63) is 94.8 Å². The summed E-state index contributed by atoms with van der Waals surface area (Å²) in [5.74, 6) is -1.03. The van der Waals surface area contributed by atoms with Crippen LogP contribution in [0.4, 0.5) is 0 Å². The van der Waals surface area contributed by atoms with Crippen LogP contribution in [0.2, 0.25) is 5.02 Å². The number of aryl methyl sites for hydroxylation is 2. The number of rotatable bonds is 7. The fraction of sp³-hybridized carbons (Fsp3) is 0.242. The van der Waals surface area contributed by atoms with Crippen molar-refractivity contribution < 1.29 is 14.6 Å². The molecule has 5 rings (SSSR count). The molecule has 1 atom stereocenters. The number of fused-ring (bicyclic) bond motifs is 1. The molecule has 0 amide bonds. The number of carboxylic acids is 1. The molecule has 1 N–H and O–H groups in total. The highest BCUT2D eigenvalue weighted by Gasteiger charge is 2.32. The second-order valence-corrected chi connectivity index (χ2v) is 12.2. The Labute approximate surface area is 243 Å². The van der Waals surface area contributed by atoms with Crippen LogP contribution < -0.4 is 0 Å². The molecule has 0 unspecified atom stereocenters. The molecule has 2 heterocycles. The van der Waals surface area contributed by atoms with E-state index in [0.717, 1.165) is 60.7 Å². The van der Waals surface area contributed by atoms with Crippen LogP contribution in [0.1, 0.15) is 50.6 Å². The van der Waals surface area contributed by atoms with E-state index in [4.69, 9.17) is 21.3 Å². The van der Waals surface area contributed by atoms with Gasteiger partial charge in [-0.05, 0) is 92.8 Å². The van der Waals surface area contributed by atoms with Gasteiger partial charge in [-0.3, -0.25) is 4.98 Å². The van der Waals surface area contributed by atoms with Crippen LogP contribution in [0.3, 0.4) is 0 Å². The van der Waals surface area contributed by atoms with Crippen LogP contribution in [-0.2, 0) is 16.0 Å². The van der Waals surface area contributed by atoms with E-state index in [9.17, 15) is 9.90 Å². The third-order valence-corrected chi connectivity index (χ3v) is 8.03. The first-order valence-corrected chi connectivity index (χ1v) is 14.4. The summed E-state index contributed by atoms with van der Waals surface area (Å²) in [6.45, 7) is 9.61. The Kier molecular flexibility index (Phi) is 7.78. The normalized spacial score (nSPS) is 12.6. The number of aliphatic carboxylic acids is 1. The second-order valence-electron chi connectivity index (χ2n) is 10.8. The zero-order valence-corrected chi connectivity index (χ0v) is 24.7. The number of hydrogen-bond acceptors (Lipinski definition) is 5. The molecule has 5 aromatic rings. The first-order valence-electron chi connectivity index (χ1n) is 13.2. The monoisotopic (exact) mass is 570 g/mol. The lowest BCUT2D eigenvalue weighted by molar-refractivity contribution is -0.160. The lowest BCUT2D eigenvalue weighted by Crippen LogP contribution is -2.28. The summed E-state index contributed by atoms with van der Waals surface area (Å²) in [6.07, 6.45) is 1.57. The Morgan fingerprint density at radius 2 is 1.70 bits per heavy atom. The van der Waals surface area contributed by atoms with Gasteiger partial charge in [-0.1, -0.05) is 48.9 Å². The number of halogens is 1. The van der Waals surface area contributed by atoms with Gasteiger partial charge in [-0.2, -0.15) is 0 Å². The van der Waals surface area contributed by atoms with Crippen LogP contribution in [0.15, 0.2) is 72.9 Å². The van der Waals surface area contributed by atoms with E-state index in [1.165, 1.54) is 0 Å². The number of hydrogen-bond donors (Lipinski definition) is 1. The predicted octanol–water partition coefficient (Wildman–Crippen LogP) is 9.16. The molecule has 2 aromatic heterocycles. The van der Waals surface area contributed by atoms with E-state index >= 15 is 0 Å². The molecule has 5 nitrogen and oxygen atoms in total. The number of thiazole rings is 1. The molecule has 0 aliphatic rings. The SMILES string of the molecule is CCc1cc(-c2cccc(-c3nc4cc(C)c([C@H](OC(C)(C)C)C(=O)O)c(-c5ccc(Cl)cc5)c4s3)c2)ccn1. The van der Waals surface area contributed by atoms with Crippen molar-refractivity contribution in [1.82, 2.24) is 9.97 Å². The van der Waals surface area contributed by atoms with Gasteiger partial charge in [0.05, 0.1) is 15.8 Å². The quantitative estimate of drug-likeness (QED) is 0.211. The molecule has 3 aromatic carbocycles. The minimum atomic E-state index is -1.15. The van der Waals surface area contributed by atoms with E-state index in [-0.39, 0.29) is 0 Å². The number of aromatic nitrogens is 2. The fourth-order valence-electron chi connectivity index (χ4n) is 4.84. The largest absolute Gasteiger partial charge is 0.479 e. The summed E-state index contributed by atoms with van der Waals surface area (Å²) in [5, 5.41) is 11.8. The zero-order valence-electron chi connectivity index (χ0n) is 23.2. The van der Waals surface area contributed by atoms with E-state index < -0.39 is 17.7 Å². The standard InChI is InChI=1S/C33H31ClN2O3S/c1-6-25-18-22(14-15-35-25)21-8-7-9-23(17-21)31-36-26-16-19(2)27(29(32(37)38)39-33(3,4)5)28(30(26)40-31)20-10-12-24(34)13-11-20/h7-18,29H,6H2,1-5H3,(H,37,38)/t29-/m0/s1. The molecule has 40 heavy (non-hydrogen) atoms. The molecule has 0 aliphatic carbocycles. The topological polar surface area (TPSA) is 72.3 Å². The maximum Gasteiger partial charge on any atom is 0.337 e. The van der Waals surface area contributed by atoms with Crippen molar-refractivity contribution in [2.24, 2.45) is 0 Å². The summed E-state index contributed by atoms with van der Waals surface area (Å²) in [4.78, 5) is 22.0. The van der Waals surface area contributed by atoms with Crippen LogP contribution in [0, 0.1) is 6.92 Å². The Balaban J connectivity index is 1.72. The first-order chi connectivity index (χ1) is 19.0. The van der Waals surface area contributed by atoms with Gasteiger partial charge in [0.1, 0.15) is 5.01 Å². The van der Waals surface area contributed by atoms with Crippen molar-refractivity contribution in [2.45, 2.75) is 52.7 Å². The van der Waals surface area contributed by atoms with Crippen LogP contribution in [0.5, 0.6) is 0 Å². The molecule has 0 fully saturated rings. The van der Waals surface area contributed by atoms with Crippen LogP contribution >= 0.6 is 22.9 Å². The Bertz CT molecular complexity index is 1700. The molecule has 0 aliphatic heterocycles. The van der Waals surface area contributed by atoms with Gasteiger partial charge in [0, 0.05) is 33.6 Å². The number of carbonyl (C=O) groups is 1. The molecule has 7 heteroatoms. The van der Waals surface area contributed by atoms with Crippen molar-refractivity contribution in [2.75, 3.05) is 0 Å². The molecule has 204 valence electrons.